The predicted octanol–water partition coefficient (Wildman–Crippen LogP) is 0.663. The molecule has 0 unspecified atom stereocenters. The molecule has 3 heterocycles. The average Bonchev–Trinajstić information content (AvgIpc) is 3.27. The van der Waals surface area contributed by atoms with Gasteiger partial charge in [0.05, 0.1) is 17.2 Å². The summed E-state index contributed by atoms with van der Waals surface area (Å²) in [4.78, 5) is 11.7. The van der Waals surface area contributed by atoms with Crippen LogP contribution in [-0.2, 0) is 22.3 Å². The van der Waals surface area contributed by atoms with Gasteiger partial charge in [-0.15, -0.1) is 11.3 Å². The first kappa shape index (κ1) is 18.8. The van der Waals surface area contributed by atoms with Crippen LogP contribution in [0.15, 0.2) is 28.0 Å². The standard InChI is InChI=1S/C15H22N6O3S2/c1-12-17-9-14(25-12)10-18-15(16-2)20-4-6-21(7-5-20)26(22,23)11-13-3-8-24-19-13/h3,8-9H,4-7,10-11H2,1-2H3,(H,16,18). The molecular weight excluding hydrogens is 376 g/mol. The van der Waals surface area contributed by atoms with Crippen molar-refractivity contribution in [2.24, 2.45) is 4.99 Å². The van der Waals surface area contributed by atoms with Gasteiger partial charge in [-0.05, 0) is 6.92 Å². The summed E-state index contributed by atoms with van der Waals surface area (Å²) < 4.78 is 31.2. The van der Waals surface area contributed by atoms with Crippen LogP contribution in [0.3, 0.4) is 0 Å². The average molecular weight is 399 g/mol. The van der Waals surface area contributed by atoms with Crippen molar-refractivity contribution in [3.8, 4) is 0 Å². The summed E-state index contributed by atoms with van der Waals surface area (Å²) in [6.07, 6.45) is 3.23. The number of hydrogen-bond donors (Lipinski definition) is 1. The second-order valence-corrected chi connectivity index (χ2v) is 9.17. The fourth-order valence-electron chi connectivity index (χ4n) is 2.75. The highest BCUT2D eigenvalue weighted by atomic mass is 32.2. The highest BCUT2D eigenvalue weighted by molar-refractivity contribution is 7.88. The number of thiazole rings is 1. The Bertz CT molecular complexity index is 839. The van der Waals surface area contributed by atoms with Crippen molar-refractivity contribution in [1.82, 2.24) is 24.7 Å². The Balaban J connectivity index is 1.53. The molecule has 3 rings (SSSR count). The van der Waals surface area contributed by atoms with Crippen molar-refractivity contribution >= 4 is 27.3 Å². The maximum atomic E-state index is 12.5. The summed E-state index contributed by atoms with van der Waals surface area (Å²) >= 11 is 1.64. The lowest BCUT2D eigenvalue weighted by molar-refractivity contribution is 0.260. The molecular formula is C15H22N6O3S2. The van der Waals surface area contributed by atoms with Crippen LogP contribution < -0.4 is 5.32 Å². The van der Waals surface area contributed by atoms with E-state index in [0.717, 1.165) is 15.8 Å². The third-order valence-corrected chi connectivity index (χ3v) is 6.78. The van der Waals surface area contributed by atoms with Crippen LogP contribution in [0.1, 0.15) is 15.6 Å². The molecule has 11 heteroatoms. The number of aryl methyl sites for hydroxylation is 1. The van der Waals surface area contributed by atoms with Crippen LogP contribution in [0.5, 0.6) is 0 Å². The van der Waals surface area contributed by atoms with Gasteiger partial charge in [0.1, 0.15) is 12.0 Å². The van der Waals surface area contributed by atoms with E-state index in [1.165, 1.54) is 10.6 Å². The van der Waals surface area contributed by atoms with E-state index < -0.39 is 10.0 Å². The van der Waals surface area contributed by atoms with Crippen LogP contribution in [0.2, 0.25) is 0 Å². The highest BCUT2D eigenvalue weighted by Gasteiger charge is 2.28. The van der Waals surface area contributed by atoms with E-state index in [1.54, 1.807) is 24.5 Å². The van der Waals surface area contributed by atoms with Gasteiger partial charge >= 0.3 is 0 Å². The minimum absolute atomic E-state index is 0.138. The fourth-order valence-corrected chi connectivity index (χ4v) is 4.91. The van der Waals surface area contributed by atoms with Crippen LogP contribution in [0.25, 0.3) is 0 Å². The summed E-state index contributed by atoms with van der Waals surface area (Å²) in [7, 11) is -1.67. The van der Waals surface area contributed by atoms with E-state index >= 15 is 0 Å². The van der Waals surface area contributed by atoms with Gasteiger partial charge in [0.2, 0.25) is 10.0 Å². The van der Waals surface area contributed by atoms with Crippen molar-refractivity contribution in [3.63, 3.8) is 0 Å². The Morgan fingerprint density at radius 1 is 1.38 bits per heavy atom. The molecule has 0 radical (unpaired) electrons. The SMILES string of the molecule is CN=C(NCc1cnc(C)s1)N1CCN(S(=O)(=O)Cc2ccon2)CC1. The second-order valence-electron chi connectivity index (χ2n) is 5.88. The maximum absolute atomic E-state index is 12.5. The normalized spacial score (nSPS) is 16.8. The lowest BCUT2D eigenvalue weighted by Crippen LogP contribution is -2.53. The number of aliphatic imine (C=N–C) groups is 1. The molecule has 0 aromatic carbocycles. The summed E-state index contributed by atoms with van der Waals surface area (Å²) in [5.74, 6) is 0.630. The van der Waals surface area contributed by atoms with Gasteiger partial charge in [-0.2, -0.15) is 4.31 Å². The molecule has 0 amide bonds. The van der Waals surface area contributed by atoms with E-state index in [1.807, 2.05) is 13.1 Å². The van der Waals surface area contributed by atoms with E-state index in [0.29, 0.717) is 38.4 Å². The van der Waals surface area contributed by atoms with Gasteiger partial charge in [-0.1, -0.05) is 5.16 Å². The Labute approximate surface area is 156 Å². The zero-order valence-corrected chi connectivity index (χ0v) is 16.4. The molecule has 9 nitrogen and oxygen atoms in total. The van der Waals surface area contributed by atoms with Crippen LogP contribution >= 0.6 is 11.3 Å². The number of aromatic nitrogens is 2. The molecule has 1 saturated heterocycles. The summed E-state index contributed by atoms with van der Waals surface area (Å²) in [5.41, 5.74) is 0.421. The lowest BCUT2D eigenvalue weighted by atomic mass is 10.4. The van der Waals surface area contributed by atoms with Crippen LogP contribution in [-0.4, -0.2) is 66.9 Å². The zero-order valence-electron chi connectivity index (χ0n) is 14.8. The molecule has 1 aliphatic heterocycles. The van der Waals surface area contributed by atoms with Gasteiger partial charge < -0.3 is 14.7 Å². The Hall–Kier alpha value is -1.98. The molecule has 2 aromatic heterocycles. The number of hydrogen-bond acceptors (Lipinski definition) is 7. The highest BCUT2D eigenvalue weighted by Crippen LogP contribution is 2.14. The van der Waals surface area contributed by atoms with Gasteiger partial charge in [0, 0.05) is 50.4 Å². The quantitative estimate of drug-likeness (QED) is 0.583. The zero-order chi connectivity index (χ0) is 18.6. The predicted molar refractivity (Wildman–Crippen MR) is 99.3 cm³/mol. The minimum atomic E-state index is -3.40. The summed E-state index contributed by atoms with van der Waals surface area (Å²) in [6.45, 7) is 4.63. The Morgan fingerprint density at radius 2 is 2.15 bits per heavy atom. The van der Waals surface area contributed by atoms with Crippen LogP contribution in [0.4, 0.5) is 0 Å². The molecule has 1 N–H and O–H groups in total. The molecule has 142 valence electrons. The fraction of sp³-hybridized carbons (Fsp3) is 0.533. The first-order valence-electron chi connectivity index (χ1n) is 8.22. The summed E-state index contributed by atoms with van der Waals surface area (Å²) in [6, 6.07) is 1.57. The van der Waals surface area contributed by atoms with Gasteiger partial charge in [-0.25, -0.2) is 13.4 Å². The van der Waals surface area contributed by atoms with E-state index in [-0.39, 0.29) is 5.75 Å². The van der Waals surface area contributed by atoms with E-state index in [2.05, 4.69) is 25.3 Å². The number of sulfonamides is 1. The monoisotopic (exact) mass is 398 g/mol. The maximum Gasteiger partial charge on any atom is 0.220 e. The molecule has 1 fully saturated rings. The Morgan fingerprint density at radius 3 is 2.73 bits per heavy atom. The van der Waals surface area contributed by atoms with Crippen molar-refractivity contribution in [2.75, 3.05) is 33.2 Å². The minimum Gasteiger partial charge on any atom is -0.364 e. The summed E-state index contributed by atoms with van der Waals surface area (Å²) in [5, 5.41) is 8.03. The van der Waals surface area contributed by atoms with Gasteiger partial charge in [-0.3, -0.25) is 4.99 Å². The van der Waals surface area contributed by atoms with Crippen molar-refractivity contribution in [1.29, 1.82) is 0 Å². The number of guanidine groups is 1. The third kappa shape index (κ3) is 4.59. The molecule has 0 spiro atoms. The first-order chi connectivity index (χ1) is 12.5. The second kappa shape index (κ2) is 8.14. The molecule has 0 atom stereocenters. The molecule has 26 heavy (non-hydrogen) atoms. The molecule has 0 bridgehead atoms. The topological polar surface area (TPSA) is 104 Å². The molecule has 1 aliphatic rings. The van der Waals surface area contributed by atoms with Gasteiger partial charge in [0.25, 0.3) is 0 Å². The number of rotatable bonds is 5. The molecule has 0 aliphatic carbocycles. The van der Waals surface area contributed by atoms with Crippen molar-refractivity contribution in [2.45, 2.75) is 19.2 Å². The van der Waals surface area contributed by atoms with Gasteiger partial charge in [0.15, 0.2) is 5.96 Å². The largest absolute Gasteiger partial charge is 0.364 e. The number of nitrogens with zero attached hydrogens (tertiary/aromatic N) is 5. The third-order valence-electron chi connectivity index (χ3n) is 4.05. The smallest absolute Gasteiger partial charge is 0.220 e. The van der Waals surface area contributed by atoms with E-state index in [4.69, 9.17) is 4.52 Å². The van der Waals surface area contributed by atoms with Crippen molar-refractivity contribution in [3.05, 3.63) is 34.1 Å². The van der Waals surface area contributed by atoms with Crippen molar-refractivity contribution < 1.29 is 12.9 Å². The molecule has 2 aromatic rings. The Kier molecular flexibility index (Phi) is 5.89. The number of nitrogens with one attached hydrogen (secondary N) is 1. The first-order valence-corrected chi connectivity index (χ1v) is 10.6. The van der Waals surface area contributed by atoms with Crippen LogP contribution in [0, 0.1) is 6.92 Å². The van der Waals surface area contributed by atoms with E-state index in [9.17, 15) is 8.42 Å². The number of piperazine rings is 1. The lowest BCUT2D eigenvalue weighted by Gasteiger charge is -2.35. The molecule has 0 saturated carbocycles.